The van der Waals surface area contributed by atoms with Gasteiger partial charge in [0.25, 0.3) is 0 Å². The van der Waals surface area contributed by atoms with Crippen molar-refractivity contribution in [2.24, 2.45) is 0 Å². The van der Waals surface area contributed by atoms with Gasteiger partial charge in [0, 0.05) is 5.56 Å². The zero-order valence-corrected chi connectivity index (χ0v) is 10.5. The molecule has 0 saturated heterocycles. The van der Waals surface area contributed by atoms with E-state index in [1.807, 2.05) is 13.0 Å². The molecule has 5 heteroatoms. The minimum absolute atomic E-state index is 0.0161. The molecule has 0 bridgehead atoms. The molecule has 19 heavy (non-hydrogen) atoms. The lowest BCUT2D eigenvalue weighted by Crippen LogP contribution is -2.31. The maximum atomic E-state index is 11.8. The first kappa shape index (κ1) is 13.4. The molecule has 1 aromatic rings. The van der Waals surface area contributed by atoms with Crippen LogP contribution in [0.15, 0.2) is 24.3 Å². The molecule has 0 spiro atoms. The molecule has 1 aromatic carbocycles. The van der Waals surface area contributed by atoms with Gasteiger partial charge in [-0.2, -0.15) is 0 Å². The first-order valence-corrected chi connectivity index (χ1v) is 6.16. The third-order valence-electron chi connectivity index (χ3n) is 3.04. The number of phenolic OH excluding ortho intramolecular Hbond substituents is 2. The van der Waals surface area contributed by atoms with Gasteiger partial charge in [-0.3, -0.25) is 0 Å². The van der Waals surface area contributed by atoms with Gasteiger partial charge in [-0.1, -0.05) is 19.4 Å². The molecule has 1 aliphatic heterocycles. The summed E-state index contributed by atoms with van der Waals surface area (Å²) in [7, 11) is 0. The van der Waals surface area contributed by atoms with Crippen LogP contribution in [0.1, 0.15) is 41.8 Å². The molecular weight excluding hydrogens is 248 g/mol. The van der Waals surface area contributed by atoms with Gasteiger partial charge < -0.3 is 20.1 Å². The Labute approximate surface area is 110 Å². The predicted molar refractivity (Wildman–Crippen MR) is 68.0 cm³/mol. The summed E-state index contributed by atoms with van der Waals surface area (Å²) in [6.45, 7) is 2.01. The van der Waals surface area contributed by atoms with Crippen molar-refractivity contribution in [2.75, 3.05) is 0 Å². The molecule has 1 aliphatic rings. The number of fused-ring (bicyclic) bond motifs is 1. The zero-order valence-electron chi connectivity index (χ0n) is 10.5. The topological polar surface area (TPSA) is 87.0 Å². The summed E-state index contributed by atoms with van der Waals surface area (Å²) in [5.41, 5.74) is -0.157. The lowest BCUT2D eigenvalue weighted by Gasteiger charge is -2.28. The molecule has 0 amide bonds. The number of carbonyl (C=O) groups is 1. The van der Waals surface area contributed by atoms with Crippen molar-refractivity contribution in [2.45, 2.75) is 32.0 Å². The van der Waals surface area contributed by atoms with E-state index >= 15 is 0 Å². The smallest absolute Gasteiger partial charge is 0.343 e. The second-order valence-corrected chi connectivity index (χ2v) is 4.42. The number of hydrogen-bond acceptors (Lipinski definition) is 5. The van der Waals surface area contributed by atoms with Gasteiger partial charge in [-0.25, -0.2) is 4.79 Å². The minimum Gasteiger partial charge on any atom is -0.508 e. The van der Waals surface area contributed by atoms with E-state index in [0.717, 1.165) is 12.8 Å². The second kappa shape index (κ2) is 5.32. The van der Waals surface area contributed by atoms with Crippen LogP contribution < -0.4 is 0 Å². The van der Waals surface area contributed by atoms with E-state index in [1.54, 1.807) is 6.08 Å². The highest BCUT2D eigenvalue weighted by molar-refractivity contribution is 5.96. The molecule has 0 radical (unpaired) electrons. The fourth-order valence-corrected chi connectivity index (χ4v) is 2.06. The SMILES string of the molecule is CCCC=C[C@H]1OC(=O)c2c(O)ccc(O)c2[C@H]1O. The third kappa shape index (κ3) is 2.42. The molecule has 0 aromatic heterocycles. The highest BCUT2D eigenvalue weighted by Gasteiger charge is 2.37. The molecule has 0 saturated carbocycles. The van der Waals surface area contributed by atoms with Crippen molar-refractivity contribution in [3.63, 3.8) is 0 Å². The average Bonchev–Trinajstić information content (AvgIpc) is 2.38. The van der Waals surface area contributed by atoms with Crippen LogP contribution in [0, 0.1) is 0 Å². The van der Waals surface area contributed by atoms with Crippen molar-refractivity contribution in [3.8, 4) is 11.5 Å². The van der Waals surface area contributed by atoms with E-state index in [1.165, 1.54) is 12.1 Å². The molecule has 2 rings (SSSR count). The monoisotopic (exact) mass is 264 g/mol. The van der Waals surface area contributed by atoms with Crippen molar-refractivity contribution < 1.29 is 24.9 Å². The Kier molecular flexibility index (Phi) is 3.76. The van der Waals surface area contributed by atoms with Gasteiger partial charge in [-0.05, 0) is 24.6 Å². The summed E-state index contributed by atoms with van der Waals surface area (Å²) in [6, 6.07) is 2.43. The van der Waals surface area contributed by atoms with E-state index in [-0.39, 0.29) is 22.6 Å². The molecule has 2 atom stereocenters. The van der Waals surface area contributed by atoms with E-state index in [0.29, 0.717) is 0 Å². The number of aliphatic hydroxyl groups is 1. The Hall–Kier alpha value is -2.01. The number of allylic oxidation sites excluding steroid dienone is 1. The van der Waals surface area contributed by atoms with Gasteiger partial charge in [0.15, 0.2) is 6.10 Å². The first-order chi connectivity index (χ1) is 9.06. The predicted octanol–water partition coefficient (Wildman–Crippen LogP) is 2.03. The molecule has 3 N–H and O–H groups in total. The quantitative estimate of drug-likeness (QED) is 0.441. The molecule has 0 unspecified atom stereocenters. The van der Waals surface area contributed by atoms with E-state index < -0.39 is 18.2 Å². The maximum Gasteiger partial charge on any atom is 0.343 e. The van der Waals surface area contributed by atoms with Gasteiger partial charge in [0.2, 0.25) is 0 Å². The molecule has 0 fully saturated rings. The Balaban J connectivity index is 2.40. The number of cyclic esters (lactones) is 1. The minimum atomic E-state index is -1.19. The summed E-state index contributed by atoms with van der Waals surface area (Å²) in [5.74, 6) is -1.29. The number of unbranched alkanes of at least 4 members (excludes halogenated alkanes) is 1. The Bertz CT molecular complexity index is 521. The number of benzene rings is 1. The summed E-state index contributed by atoms with van der Waals surface area (Å²) in [4.78, 5) is 11.8. The van der Waals surface area contributed by atoms with Gasteiger partial charge >= 0.3 is 5.97 Å². The highest BCUT2D eigenvalue weighted by atomic mass is 16.6. The summed E-state index contributed by atoms with van der Waals surface area (Å²) in [5, 5.41) is 29.5. The lowest BCUT2D eigenvalue weighted by atomic mass is 9.93. The van der Waals surface area contributed by atoms with Gasteiger partial charge in [0.05, 0.1) is 0 Å². The molecule has 0 aliphatic carbocycles. The Morgan fingerprint density at radius 3 is 2.68 bits per heavy atom. The van der Waals surface area contributed by atoms with Crippen molar-refractivity contribution in [1.82, 2.24) is 0 Å². The molecular formula is C14H16O5. The standard InChI is InChI=1S/C14H16O5/c1-2-3-4-5-10-13(17)11-8(15)6-7-9(16)12(11)14(18)19-10/h4-7,10,13,15-17H,2-3H2,1H3/t10-,13+/m1/s1. The number of aromatic hydroxyl groups is 2. The summed E-state index contributed by atoms with van der Waals surface area (Å²) < 4.78 is 5.06. The second-order valence-electron chi connectivity index (χ2n) is 4.42. The number of ether oxygens (including phenoxy) is 1. The highest BCUT2D eigenvalue weighted by Crippen LogP contribution is 2.40. The van der Waals surface area contributed by atoms with Crippen LogP contribution in [0.5, 0.6) is 11.5 Å². The van der Waals surface area contributed by atoms with Crippen molar-refractivity contribution >= 4 is 5.97 Å². The van der Waals surface area contributed by atoms with Crippen molar-refractivity contribution in [1.29, 1.82) is 0 Å². The van der Waals surface area contributed by atoms with E-state index in [4.69, 9.17) is 4.74 Å². The number of aliphatic hydroxyl groups excluding tert-OH is 1. The van der Waals surface area contributed by atoms with Crippen LogP contribution in [-0.2, 0) is 4.74 Å². The largest absolute Gasteiger partial charge is 0.508 e. The number of rotatable bonds is 3. The Morgan fingerprint density at radius 2 is 2.00 bits per heavy atom. The van der Waals surface area contributed by atoms with Crippen LogP contribution in [0.2, 0.25) is 0 Å². The molecule has 1 heterocycles. The average molecular weight is 264 g/mol. The zero-order chi connectivity index (χ0) is 14.0. The fourth-order valence-electron chi connectivity index (χ4n) is 2.06. The summed E-state index contributed by atoms with van der Waals surface area (Å²) in [6.07, 6.45) is 3.12. The van der Waals surface area contributed by atoms with Gasteiger partial charge in [-0.15, -0.1) is 0 Å². The van der Waals surface area contributed by atoms with E-state index in [9.17, 15) is 20.1 Å². The third-order valence-corrected chi connectivity index (χ3v) is 3.04. The molecule has 102 valence electrons. The summed E-state index contributed by atoms with van der Waals surface area (Å²) >= 11 is 0. The van der Waals surface area contributed by atoms with E-state index in [2.05, 4.69) is 0 Å². The van der Waals surface area contributed by atoms with Crippen molar-refractivity contribution in [3.05, 3.63) is 35.4 Å². The number of phenols is 2. The Morgan fingerprint density at radius 1 is 1.32 bits per heavy atom. The van der Waals surface area contributed by atoms with Crippen LogP contribution in [0.3, 0.4) is 0 Å². The first-order valence-electron chi connectivity index (χ1n) is 6.16. The fraction of sp³-hybridized carbons (Fsp3) is 0.357. The van der Waals surface area contributed by atoms with Crippen LogP contribution in [-0.4, -0.2) is 27.4 Å². The van der Waals surface area contributed by atoms with Gasteiger partial charge in [0.1, 0.15) is 23.2 Å². The number of carbonyl (C=O) groups excluding carboxylic acids is 1. The number of esters is 1. The van der Waals surface area contributed by atoms with Crippen LogP contribution in [0.4, 0.5) is 0 Å². The molecule has 5 nitrogen and oxygen atoms in total. The van der Waals surface area contributed by atoms with Crippen LogP contribution >= 0.6 is 0 Å². The maximum absolute atomic E-state index is 11.8. The number of hydrogen-bond donors (Lipinski definition) is 3. The van der Waals surface area contributed by atoms with Crippen LogP contribution in [0.25, 0.3) is 0 Å². The lowest BCUT2D eigenvalue weighted by molar-refractivity contribution is -0.0115. The normalized spacial score (nSPS) is 22.3.